The summed E-state index contributed by atoms with van der Waals surface area (Å²) in [4.78, 5) is 0. The van der Waals surface area contributed by atoms with Crippen molar-refractivity contribution in [1.82, 2.24) is 0 Å². The zero-order valence-electron chi connectivity index (χ0n) is 12.4. The van der Waals surface area contributed by atoms with Crippen molar-refractivity contribution in [1.29, 1.82) is 0 Å². The van der Waals surface area contributed by atoms with E-state index in [2.05, 4.69) is 66.7 Å². The second-order valence-corrected chi connectivity index (χ2v) is 5.42. The summed E-state index contributed by atoms with van der Waals surface area (Å²) >= 11 is 0. The van der Waals surface area contributed by atoms with Crippen LogP contribution in [0.1, 0.15) is 0 Å². The van der Waals surface area contributed by atoms with Crippen LogP contribution in [-0.4, -0.2) is 7.11 Å². The lowest BCUT2D eigenvalue weighted by Crippen LogP contribution is -1.86. The van der Waals surface area contributed by atoms with Gasteiger partial charge in [-0.2, -0.15) is 0 Å². The summed E-state index contributed by atoms with van der Waals surface area (Å²) in [5, 5.41) is 5.12. The number of benzene rings is 4. The predicted octanol–water partition coefficient (Wildman–Crippen LogP) is 5.67. The Morgan fingerprint density at radius 3 is 2.18 bits per heavy atom. The van der Waals surface area contributed by atoms with Crippen LogP contribution in [0, 0.1) is 0 Å². The molecule has 0 amide bonds. The van der Waals surface area contributed by atoms with Crippen molar-refractivity contribution in [2.24, 2.45) is 0 Å². The van der Waals surface area contributed by atoms with Gasteiger partial charge in [-0.3, -0.25) is 0 Å². The Morgan fingerprint density at radius 1 is 0.636 bits per heavy atom. The average molecular weight is 284 g/mol. The first kappa shape index (κ1) is 12.9. The number of ether oxygens (including phenoxy) is 1. The molecule has 0 atom stereocenters. The van der Waals surface area contributed by atoms with E-state index in [1.54, 1.807) is 7.11 Å². The van der Waals surface area contributed by atoms with E-state index in [0.29, 0.717) is 0 Å². The average Bonchev–Trinajstić information content (AvgIpc) is 2.61. The largest absolute Gasteiger partial charge is 0.497 e. The van der Waals surface area contributed by atoms with Gasteiger partial charge in [0.25, 0.3) is 0 Å². The van der Waals surface area contributed by atoms with Crippen molar-refractivity contribution < 1.29 is 4.74 Å². The molecule has 4 aromatic carbocycles. The summed E-state index contributed by atoms with van der Waals surface area (Å²) in [5.41, 5.74) is 2.43. The van der Waals surface area contributed by atoms with Crippen LogP contribution in [0.2, 0.25) is 0 Å². The molecule has 0 radical (unpaired) electrons. The van der Waals surface area contributed by atoms with E-state index in [9.17, 15) is 0 Å². The van der Waals surface area contributed by atoms with Gasteiger partial charge in [0, 0.05) is 0 Å². The number of fused-ring (bicyclic) bond motifs is 3. The monoisotopic (exact) mass is 284 g/mol. The van der Waals surface area contributed by atoms with Gasteiger partial charge in [-0.25, -0.2) is 0 Å². The molecule has 4 aromatic rings. The van der Waals surface area contributed by atoms with Gasteiger partial charge in [-0.05, 0) is 50.9 Å². The van der Waals surface area contributed by atoms with Gasteiger partial charge in [-0.15, -0.1) is 0 Å². The first-order valence-electron chi connectivity index (χ1n) is 7.42. The molecule has 106 valence electrons. The minimum Gasteiger partial charge on any atom is -0.497 e. The maximum Gasteiger partial charge on any atom is 0.119 e. The van der Waals surface area contributed by atoms with E-state index >= 15 is 0 Å². The Bertz CT molecular complexity index is 970. The van der Waals surface area contributed by atoms with Crippen molar-refractivity contribution in [3.63, 3.8) is 0 Å². The molecule has 0 aromatic heterocycles. The first-order valence-corrected chi connectivity index (χ1v) is 7.42. The van der Waals surface area contributed by atoms with Gasteiger partial charge in [0.1, 0.15) is 5.75 Å². The van der Waals surface area contributed by atoms with E-state index in [-0.39, 0.29) is 0 Å². The molecule has 1 heteroatoms. The minimum atomic E-state index is 0.884. The van der Waals surface area contributed by atoms with Gasteiger partial charge in [-0.1, -0.05) is 60.7 Å². The second-order valence-electron chi connectivity index (χ2n) is 5.42. The summed E-state index contributed by atoms with van der Waals surface area (Å²) in [5.74, 6) is 0.884. The van der Waals surface area contributed by atoms with Crippen molar-refractivity contribution in [3.05, 3.63) is 78.9 Å². The molecular formula is C21H16O. The Kier molecular flexibility index (Phi) is 3.05. The molecule has 0 bridgehead atoms. The Morgan fingerprint density at radius 2 is 1.36 bits per heavy atom. The smallest absolute Gasteiger partial charge is 0.119 e. The van der Waals surface area contributed by atoms with Gasteiger partial charge in [0.2, 0.25) is 0 Å². The summed E-state index contributed by atoms with van der Waals surface area (Å²) in [6.45, 7) is 0. The molecule has 0 unspecified atom stereocenters. The van der Waals surface area contributed by atoms with Gasteiger partial charge in [0.05, 0.1) is 7.11 Å². The number of hydrogen-bond acceptors (Lipinski definition) is 1. The van der Waals surface area contributed by atoms with Crippen molar-refractivity contribution >= 4 is 21.5 Å². The molecule has 0 saturated carbocycles. The number of hydrogen-bond donors (Lipinski definition) is 0. The molecule has 0 spiro atoms. The van der Waals surface area contributed by atoms with Gasteiger partial charge < -0.3 is 4.74 Å². The van der Waals surface area contributed by atoms with E-state index in [4.69, 9.17) is 4.74 Å². The van der Waals surface area contributed by atoms with Crippen LogP contribution in [0.3, 0.4) is 0 Å². The molecule has 0 aliphatic rings. The van der Waals surface area contributed by atoms with E-state index in [1.807, 2.05) is 12.1 Å². The fraction of sp³-hybridized carbons (Fsp3) is 0.0476. The number of rotatable bonds is 2. The highest BCUT2D eigenvalue weighted by atomic mass is 16.5. The van der Waals surface area contributed by atoms with Gasteiger partial charge in [0.15, 0.2) is 0 Å². The second kappa shape index (κ2) is 5.19. The van der Waals surface area contributed by atoms with Gasteiger partial charge >= 0.3 is 0 Å². The fourth-order valence-electron chi connectivity index (χ4n) is 3.08. The summed E-state index contributed by atoms with van der Waals surface area (Å²) < 4.78 is 5.38. The van der Waals surface area contributed by atoms with Crippen LogP contribution in [0.4, 0.5) is 0 Å². The standard InChI is InChI=1S/C21H16O/c1-22-17-9-6-8-15(13-17)21-14-16-7-2-3-10-18(16)19-11-4-5-12-20(19)21/h2-14H,1H3. The molecular weight excluding hydrogens is 268 g/mol. The molecule has 22 heavy (non-hydrogen) atoms. The SMILES string of the molecule is COc1cccc(-c2cc3ccccc3c3ccccc23)c1. The third-order valence-electron chi connectivity index (χ3n) is 4.15. The van der Waals surface area contributed by atoms with Crippen molar-refractivity contribution in [3.8, 4) is 16.9 Å². The van der Waals surface area contributed by atoms with Crippen LogP contribution in [0.5, 0.6) is 5.75 Å². The van der Waals surface area contributed by atoms with Crippen LogP contribution in [0.15, 0.2) is 78.9 Å². The predicted molar refractivity (Wildman–Crippen MR) is 93.4 cm³/mol. The third kappa shape index (κ3) is 2.03. The molecule has 0 fully saturated rings. The molecule has 0 saturated heterocycles. The Labute approximate surface area is 129 Å². The lowest BCUT2D eigenvalue weighted by atomic mass is 9.93. The summed E-state index contributed by atoms with van der Waals surface area (Å²) in [6.07, 6.45) is 0. The molecule has 0 heterocycles. The van der Waals surface area contributed by atoms with Crippen molar-refractivity contribution in [2.75, 3.05) is 7.11 Å². The van der Waals surface area contributed by atoms with E-state index < -0.39 is 0 Å². The molecule has 0 aliphatic heterocycles. The molecule has 0 N–H and O–H groups in total. The van der Waals surface area contributed by atoms with Crippen LogP contribution >= 0.6 is 0 Å². The fourth-order valence-corrected chi connectivity index (χ4v) is 3.08. The minimum absolute atomic E-state index is 0.884. The first-order chi connectivity index (χ1) is 10.9. The molecule has 4 rings (SSSR count). The number of methoxy groups -OCH3 is 1. The summed E-state index contributed by atoms with van der Waals surface area (Å²) in [7, 11) is 1.71. The van der Waals surface area contributed by atoms with Crippen LogP contribution < -0.4 is 4.74 Å². The topological polar surface area (TPSA) is 9.23 Å². The Hall–Kier alpha value is -2.80. The quantitative estimate of drug-likeness (QED) is 0.431. The zero-order valence-corrected chi connectivity index (χ0v) is 12.4. The van der Waals surface area contributed by atoms with Crippen LogP contribution in [-0.2, 0) is 0 Å². The molecule has 0 aliphatic carbocycles. The zero-order chi connectivity index (χ0) is 14.9. The van der Waals surface area contributed by atoms with Crippen molar-refractivity contribution in [2.45, 2.75) is 0 Å². The van der Waals surface area contributed by atoms with E-state index in [1.165, 1.54) is 32.7 Å². The van der Waals surface area contributed by atoms with Crippen LogP contribution in [0.25, 0.3) is 32.7 Å². The third-order valence-corrected chi connectivity index (χ3v) is 4.15. The summed E-state index contributed by atoms with van der Waals surface area (Å²) in [6, 6.07) is 27.7. The maximum atomic E-state index is 5.38. The highest BCUT2D eigenvalue weighted by Gasteiger charge is 2.08. The normalized spacial score (nSPS) is 11.0. The lowest BCUT2D eigenvalue weighted by Gasteiger charge is -2.11. The highest BCUT2D eigenvalue weighted by Crippen LogP contribution is 2.35. The maximum absolute atomic E-state index is 5.38. The highest BCUT2D eigenvalue weighted by molar-refractivity contribution is 6.13. The Balaban J connectivity index is 2.11. The molecule has 1 nitrogen and oxygen atoms in total. The van der Waals surface area contributed by atoms with E-state index in [0.717, 1.165) is 5.75 Å². The lowest BCUT2D eigenvalue weighted by molar-refractivity contribution is 0.415.